The fourth-order valence-electron chi connectivity index (χ4n) is 1.80. The van der Waals surface area contributed by atoms with Gasteiger partial charge in [0.05, 0.1) is 11.2 Å². The van der Waals surface area contributed by atoms with Gasteiger partial charge in [0, 0.05) is 10.6 Å². The number of thioether (sulfide) groups is 1. The molecule has 2 nitrogen and oxygen atoms in total. The maximum Gasteiger partial charge on any atom is 0.114 e. The summed E-state index contributed by atoms with van der Waals surface area (Å²) in [6, 6.07) is 0. The fraction of sp³-hybridized carbons (Fsp3) is 0.727. The lowest BCUT2D eigenvalue weighted by atomic mass is 9.95. The van der Waals surface area contributed by atoms with Gasteiger partial charge >= 0.3 is 0 Å². The second-order valence-corrected chi connectivity index (χ2v) is 6.84. The first-order valence-corrected chi connectivity index (χ1v) is 7.33. The minimum absolute atomic E-state index is 0.178. The standard InChI is InChI=1S/C11H18N2S2/c1-7(2)9-6-15-10(13-9)11(12)4-5-14-8(11)3/h6-8H,4-5,12H2,1-3H3. The average molecular weight is 242 g/mol. The van der Waals surface area contributed by atoms with E-state index in [1.807, 2.05) is 11.8 Å². The summed E-state index contributed by atoms with van der Waals surface area (Å²) in [5.41, 5.74) is 7.47. The summed E-state index contributed by atoms with van der Waals surface area (Å²) in [6.07, 6.45) is 1.06. The van der Waals surface area contributed by atoms with Crippen LogP contribution in [0.4, 0.5) is 0 Å². The zero-order valence-corrected chi connectivity index (χ0v) is 11.1. The molecule has 2 heterocycles. The highest BCUT2D eigenvalue weighted by molar-refractivity contribution is 8.00. The number of nitrogens with two attached hydrogens (primary N) is 1. The molecule has 1 fully saturated rings. The van der Waals surface area contributed by atoms with Gasteiger partial charge in [0.25, 0.3) is 0 Å². The van der Waals surface area contributed by atoms with Crippen LogP contribution in [0.2, 0.25) is 0 Å². The minimum atomic E-state index is -0.178. The van der Waals surface area contributed by atoms with E-state index in [1.54, 1.807) is 11.3 Å². The molecule has 0 saturated carbocycles. The first-order chi connectivity index (χ1) is 7.04. The van der Waals surface area contributed by atoms with Crippen molar-refractivity contribution >= 4 is 23.1 Å². The molecule has 0 radical (unpaired) electrons. The van der Waals surface area contributed by atoms with E-state index < -0.39 is 0 Å². The molecule has 1 aromatic heterocycles. The SMILES string of the molecule is CC(C)c1csc(C2(N)CCSC2C)n1. The molecule has 0 spiro atoms. The van der Waals surface area contributed by atoms with Crippen LogP contribution in [0.1, 0.15) is 43.8 Å². The summed E-state index contributed by atoms with van der Waals surface area (Å²) < 4.78 is 0. The Labute approximate surface area is 99.7 Å². The Morgan fingerprint density at radius 1 is 1.60 bits per heavy atom. The first-order valence-electron chi connectivity index (χ1n) is 5.40. The molecule has 1 aliphatic rings. The van der Waals surface area contributed by atoms with Crippen molar-refractivity contribution < 1.29 is 0 Å². The highest BCUT2D eigenvalue weighted by atomic mass is 32.2. The molecular formula is C11H18N2S2. The van der Waals surface area contributed by atoms with Crippen molar-refractivity contribution in [1.82, 2.24) is 4.98 Å². The third-order valence-electron chi connectivity index (χ3n) is 3.12. The molecular weight excluding hydrogens is 224 g/mol. The smallest absolute Gasteiger partial charge is 0.114 e. The molecule has 1 aliphatic heterocycles. The number of hydrogen-bond acceptors (Lipinski definition) is 4. The van der Waals surface area contributed by atoms with Crippen LogP contribution in [0.5, 0.6) is 0 Å². The molecule has 2 atom stereocenters. The topological polar surface area (TPSA) is 38.9 Å². The Kier molecular flexibility index (Phi) is 3.10. The van der Waals surface area contributed by atoms with Gasteiger partial charge in [-0.25, -0.2) is 4.98 Å². The van der Waals surface area contributed by atoms with Gasteiger partial charge in [-0.3, -0.25) is 0 Å². The van der Waals surface area contributed by atoms with Crippen molar-refractivity contribution in [1.29, 1.82) is 0 Å². The van der Waals surface area contributed by atoms with E-state index in [1.165, 1.54) is 5.69 Å². The maximum atomic E-state index is 6.46. The fourth-order valence-corrected chi connectivity index (χ4v) is 4.43. The van der Waals surface area contributed by atoms with Crippen LogP contribution < -0.4 is 5.73 Å². The third kappa shape index (κ3) is 1.95. The Hall–Kier alpha value is -0.0600. The molecule has 0 amide bonds. The lowest BCUT2D eigenvalue weighted by Crippen LogP contribution is -2.41. The lowest BCUT2D eigenvalue weighted by molar-refractivity contribution is 0.444. The second-order valence-electron chi connectivity index (χ2n) is 4.54. The Morgan fingerprint density at radius 2 is 2.33 bits per heavy atom. The van der Waals surface area contributed by atoms with E-state index in [4.69, 9.17) is 10.7 Å². The first kappa shape index (κ1) is 11.4. The van der Waals surface area contributed by atoms with Crippen LogP contribution in [-0.2, 0) is 5.54 Å². The highest BCUT2D eigenvalue weighted by Crippen LogP contribution is 2.42. The van der Waals surface area contributed by atoms with Crippen LogP contribution in [0, 0.1) is 0 Å². The molecule has 84 valence electrons. The van der Waals surface area contributed by atoms with Crippen LogP contribution in [0.15, 0.2) is 5.38 Å². The average Bonchev–Trinajstić information content (AvgIpc) is 2.75. The minimum Gasteiger partial charge on any atom is -0.318 e. The molecule has 1 saturated heterocycles. The van der Waals surface area contributed by atoms with Gasteiger partial charge in [-0.2, -0.15) is 11.8 Å². The Balaban J connectivity index is 2.28. The number of rotatable bonds is 2. The van der Waals surface area contributed by atoms with E-state index in [9.17, 15) is 0 Å². The van der Waals surface area contributed by atoms with Crippen LogP contribution >= 0.6 is 23.1 Å². The molecule has 1 aromatic rings. The maximum absolute atomic E-state index is 6.46. The van der Waals surface area contributed by atoms with Crippen molar-refractivity contribution in [2.45, 2.75) is 43.9 Å². The monoisotopic (exact) mass is 242 g/mol. The predicted molar refractivity (Wildman–Crippen MR) is 68.6 cm³/mol. The lowest BCUT2D eigenvalue weighted by Gasteiger charge is -2.25. The molecule has 2 rings (SSSR count). The van der Waals surface area contributed by atoms with Gasteiger partial charge in [-0.15, -0.1) is 11.3 Å². The van der Waals surface area contributed by atoms with E-state index in [-0.39, 0.29) is 5.54 Å². The normalized spacial score (nSPS) is 31.4. The van der Waals surface area contributed by atoms with Gasteiger partial charge in [0.1, 0.15) is 5.01 Å². The highest BCUT2D eigenvalue weighted by Gasteiger charge is 2.41. The van der Waals surface area contributed by atoms with Gasteiger partial charge in [-0.05, 0) is 18.1 Å². The number of thiazole rings is 1. The summed E-state index contributed by atoms with van der Waals surface area (Å²) in [7, 11) is 0. The molecule has 15 heavy (non-hydrogen) atoms. The van der Waals surface area contributed by atoms with Crippen molar-refractivity contribution in [2.75, 3.05) is 5.75 Å². The molecule has 0 bridgehead atoms. The van der Waals surface area contributed by atoms with Crippen molar-refractivity contribution in [3.8, 4) is 0 Å². The van der Waals surface area contributed by atoms with E-state index in [2.05, 4.69) is 26.2 Å². The van der Waals surface area contributed by atoms with Gasteiger partial charge in [-0.1, -0.05) is 20.8 Å². The summed E-state index contributed by atoms with van der Waals surface area (Å²) in [6.45, 7) is 6.57. The van der Waals surface area contributed by atoms with Gasteiger partial charge < -0.3 is 5.73 Å². The van der Waals surface area contributed by atoms with Crippen molar-refractivity contribution in [3.05, 3.63) is 16.1 Å². The number of nitrogens with zero attached hydrogens (tertiary/aromatic N) is 1. The molecule has 0 aliphatic carbocycles. The quantitative estimate of drug-likeness (QED) is 0.866. The molecule has 2 unspecified atom stereocenters. The summed E-state index contributed by atoms with van der Waals surface area (Å²) >= 11 is 3.69. The number of hydrogen-bond donors (Lipinski definition) is 1. The van der Waals surface area contributed by atoms with Crippen LogP contribution in [0.3, 0.4) is 0 Å². The largest absolute Gasteiger partial charge is 0.318 e. The summed E-state index contributed by atoms with van der Waals surface area (Å²) in [5, 5.41) is 3.77. The number of aromatic nitrogens is 1. The zero-order chi connectivity index (χ0) is 11.1. The van der Waals surface area contributed by atoms with E-state index in [0.717, 1.165) is 17.2 Å². The Morgan fingerprint density at radius 3 is 2.80 bits per heavy atom. The van der Waals surface area contributed by atoms with Gasteiger partial charge in [0.2, 0.25) is 0 Å². The van der Waals surface area contributed by atoms with Crippen molar-refractivity contribution in [3.63, 3.8) is 0 Å². The van der Waals surface area contributed by atoms with Crippen LogP contribution in [-0.4, -0.2) is 16.0 Å². The molecule has 4 heteroatoms. The third-order valence-corrected chi connectivity index (χ3v) is 5.54. The molecule has 2 N–H and O–H groups in total. The summed E-state index contributed by atoms with van der Waals surface area (Å²) in [4.78, 5) is 4.69. The van der Waals surface area contributed by atoms with Crippen molar-refractivity contribution in [2.24, 2.45) is 5.73 Å². The zero-order valence-electron chi connectivity index (χ0n) is 9.49. The second kappa shape index (κ2) is 4.07. The van der Waals surface area contributed by atoms with Crippen LogP contribution in [0.25, 0.3) is 0 Å². The Bertz CT molecular complexity index is 348. The van der Waals surface area contributed by atoms with Gasteiger partial charge in [0.15, 0.2) is 0 Å². The molecule has 0 aromatic carbocycles. The van der Waals surface area contributed by atoms with E-state index >= 15 is 0 Å². The van der Waals surface area contributed by atoms with E-state index in [0.29, 0.717) is 11.2 Å². The predicted octanol–water partition coefficient (Wildman–Crippen LogP) is 2.95. The summed E-state index contributed by atoms with van der Waals surface area (Å²) in [5.74, 6) is 1.66.